The number of hydrogen-bond donors (Lipinski definition) is 2. The minimum Gasteiger partial charge on any atom is -0.480 e. The zero-order valence-electron chi connectivity index (χ0n) is 8.90. The SMILES string of the molecule is CCCc1cccc2c1C(C(=O)O)N(Cl)N2. The molecule has 86 valence electrons. The van der Waals surface area contributed by atoms with Gasteiger partial charge in [-0.1, -0.05) is 25.5 Å². The van der Waals surface area contributed by atoms with Crippen LogP contribution in [0.3, 0.4) is 0 Å². The molecule has 1 unspecified atom stereocenters. The van der Waals surface area contributed by atoms with E-state index in [1.165, 1.54) is 0 Å². The van der Waals surface area contributed by atoms with Crippen LogP contribution in [-0.2, 0) is 11.2 Å². The van der Waals surface area contributed by atoms with E-state index in [0.717, 1.165) is 34.2 Å². The second kappa shape index (κ2) is 4.31. The van der Waals surface area contributed by atoms with E-state index in [9.17, 15) is 4.79 Å². The molecule has 5 heteroatoms. The smallest absolute Gasteiger partial charge is 0.329 e. The molecule has 0 radical (unpaired) electrons. The summed E-state index contributed by atoms with van der Waals surface area (Å²) in [5, 5.41) is 9.16. The third kappa shape index (κ3) is 1.74. The highest BCUT2D eigenvalue weighted by molar-refractivity contribution is 6.16. The second-order valence-electron chi connectivity index (χ2n) is 3.79. The first-order valence-corrected chi connectivity index (χ1v) is 5.55. The van der Waals surface area contributed by atoms with Crippen molar-refractivity contribution in [3.63, 3.8) is 0 Å². The van der Waals surface area contributed by atoms with Crippen molar-refractivity contribution >= 4 is 23.4 Å². The first-order chi connectivity index (χ1) is 7.65. The molecule has 16 heavy (non-hydrogen) atoms. The maximum atomic E-state index is 11.2. The number of aliphatic carboxylic acids is 1. The molecule has 0 amide bonds. The lowest BCUT2D eigenvalue weighted by molar-refractivity contribution is -0.141. The fourth-order valence-electron chi connectivity index (χ4n) is 2.03. The molecular formula is C11H13ClN2O2. The van der Waals surface area contributed by atoms with Crippen molar-refractivity contribution in [1.29, 1.82) is 0 Å². The summed E-state index contributed by atoms with van der Waals surface area (Å²) in [4.78, 5) is 11.2. The average molecular weight is 241 g/mol. The van der Waals surface area contributed by atoms with Crippen LogP contribution in [0.25, 0.3) is 0 Å². The van der Waals surface area contributed by atoms with Crippen molar-refractivity contribution < 1.29 is 9.90 Å². The first-order valence-electron chi connectivity index (χ1n) is 5.21. The number of carboxylic acid groups (broad SMARTS) is 1. The summed E-state index contributed by atoms with van der Waals surface area (Å²) in [6.45, 7) is 2.07. The van der Waals surface area contributed by atoms with Gasteiger partial charge in [-0.15, -0.1) is 4.53 Å². The van der Waals surface area contributed by atoms with Crippen LogP contribution in [0.15, 0.2) is 18.2 Å². The molecule has 1 aromatic rings. The molecule has 0 fully saturated rings. The Bertz CT molecular complexity index is 422. The highest BCUT2D eigenvalue weighted by Crippen LogP contribution is 2.39. The number of benzene rings is 1. The average Bonchev–Trinajstić information content (AvgIpc) is 2.55. The fraction of sp³-hybridized carbons (Fsp3) is 0.364. The Hall–Kier alpha value is -1.26. The lowest BCUT2D eigenvalue weighted by Gasteiger charge is -2.13. The molecule has 0 bridgehead atoms. The molecule has 1 heterocycles. The van der Waals surface area contributed by atoms with Crippen LogP contribution in [0.4, 0.5) is 5.69 Å². The molecule has 0 aliphatic carbocycles. The lowest BCUT2D eigenvalue weighted by Crippen LogP contribution is -2.24. The Morgan fingerprint density at radius 3 is 3.00 bits per heavy atom. The van der Waals surface area contributed by atoms with Crippen molar-refractivity contribution in [3.8, 4) is 0 Å². The maximum absolute atomic E-state index is 11.2. The lowest BCUT2D eigenvalue weighted by atomic mass is 9.97. The molecule has 1 atom stereocenters. The van der Waals surface area contributed by atoms with Gasteiger partial charge in [-0.2, -0.15) is 0 Å². The Balaban J connectivity index is 2.48. The van der Waals surface area contributed by atoms with Gasteiger partial charge in [0.2, 0.25) is 0 Å². The number of aryl methyl sites for hydroxylation is 1. The maximum Gasteiger partial charge on any atom is 0.329 e. The normalized spacial score (nSPS) is 19.2. The van der Waals surface area contributed by atoms with Crippen LogP contribution in [0, 0.1) is 0 Å². The quantitative estimate of drug-likeness (QED) is 0.798. The van der Waals surface area contributed by atoms with Crippen LogP contribution >= 0.6 is 11.8 Å². The van der Waals surface area contributed by atoms with Gasteiger partial charge in [0.05, 0.1) is 5.69 Å². The Labute approximate surface area is 98.9 Å². The molecule has 0 spiro atoms. The summed E-state index contributed by atoms with van der Waals surface area (Å²) in [5.41, 5.74) is 5.46. The molecule has 1 aliphatic heterocycles. The monoisotopic (exact) mass is 240 g/mol. The summed E-state index contributed by atoms with van der Waals surface area (Å²) >= 11 is 5.85. The van der Waals surface area contributed by atoms with E-state index in [1.54, 1.807) is 0 Å². The third-order valence-electron chi connectivity index (χ3n) is 2.68. The van der Waals surface area contributed by atoms with Crippen LogP contribution < -0.4 is 5.43 Å². The van der Waals surface area contributed by atoms with E-state index < -0.39 is 12.0 Å². The molecule has 1 aliphatic rings. The Kier molecular flexibility index (Phi) is 3.03. The molecule has 0 saturated heterocycles. The summed E-state index contributed by atoms with van der Waals surface area (Å²) in [6.07, 6.45) is 1.84. The van der Waals surface area contributed by atoms with E-state index >= 15 is 0 Å². The number of rotatable bonds is 3. The number of halogens is 1. The van der Waals surface area contributed by atoms with Gasteiger partial charge < -0.3 is 10.5 Å². The van der Waals surface area contributed by atoms with E-state index in [1.807, 2.05) is 18.2 Å². The number of hydrogen-bond acceptors (Lipinski definition) is 3. The number of carbonyl (C=O) groups is 1. The number of carboxylic acids is 1. The number of nitrogens with zero attached hydrogens (tertiary/aromatic N) is 1. The van der Waals surface area contributed by atoms with Crippen LogP contribution in [0.5, 0.6) is 0 Å². The minimum atomic E-state index is -0.940. The first kappa shape index (κ1) is 11.2. The van der Waals surface area contributed by atoms with Crippen molar-refractivity contribution in [1.82, 2.24) is 4.53 Å². The van der Waals surface area contributed by atoms with E-state index in [4.69, 9.17) is 16.9 Å². The Morgan fingerprint density at radius 2 is 2.38 bits per heavy atom. The van der Waals surface area contributed by atoms with Gasteiger partial charge >= 0.3 is 5.97 Å². The van der Waals surface area contributed by atoms with Gasteiger partial charge in [-0.25, -0.2) is 0 Å². The number of hydrazine groups is 1. The summed E-state index contributed by atoms with van der Waals surface area (Å²) < 4.78 is 1.12. The molecule has 4 nitrogen and oxygen atoms in total. The molecule has 0 saturated carbocycles. The van der Waals surface area contributed by atoms with Crippen LogP contribution in [-0.4, -0.2) is 15.6 Å². The van der Waals surface area contributed by atoms with Gasteiger partial charge in [0, 0.05) is 17.3 Å². The van der Waals surface area contributed by atoms with Gasteiger partial charge in [0.25, 0.3) is 0 Å². The summed E-state index contributed by atoms with van der Waals surface area (Å²) in [6, 6.07) is 4.90. The number of fused-ring (bicyclic) bond motifs is 1. The fourth-order valence-corrected chi connectivity index (χ4v) is 2.31. The van der Waals surface area contributed by atoms with Crippen molar-refractivity contribution in [2.24, 2.45) is 0 Å². The van der Waals surface area contributed by atoms with E-state index in [2.05, 4.69) is 12.3 Å². The van der Waals surface area contributed by atoms with Crippen molar-refractivity contribution in [3.05, 3.63) is 29.3 Å². The molecule has 2 N–H and O–H groups in total. The minimum absolute atomic E-state index is 0.784. The molecule has 2 rings (SSSR count). The van der Waals surface area contributed by atoms with Gasteiger partial charge in [-0.3, -0.25) is 4.79 Å². The van der Waals surface area contributed by atoms with Crippen LogP contribution in [0.2, 0.25) is 0 Å². The van der Waals surface area contributed by atoms with Gasteiger partial charge in [0.15, 0.2) is 6.04 Å². The third-order valence-corrected chi connectivity index (χ3v) is 2.96. The summed E-state index contributed by atoms with van der Waals surface area (Å²) in [5.74, 6) is -0.940. The zero-order valence-corrected chi connectivity index (χ0v) is 9.66. The van der Waals surface area contributed by atoms with Gasteiger partial charge in [0.1, 0.15) is 0 Å². The largest absolute Gasteiger partial charge is 0.480 e. The molecule has 1 aromatic carbocycles. The highest BCUT2D eigenvalue weighted by Gasteiger charge is 2.36. The second-order valence-corrected chi connectivity index (χ2v) is 4.16. The predicted molar refractivity (Wildman–Crippen MR) is 62.1 cm³/mol. The molecular weight excluding hydrogens is 228 g/mol. The van der Waals surface area contributed by atoms with Gasteiger partial charge in [-0.05, 0) is 18.1 Å². The number of anilines is 1. The zero-order chi connectivity index (χ0) is 11.7. The van der Waals surface area contributed by atoms with E-state index in [-0.39, 0.29) is 0 Å². The van der Waals surface area contributed by atoms with E-state index in [0.29, 0.717) is 0 Å². The number of nitrogens with one attached hydrogen (secondary N) is 1. The topological polar surface area (TPSA) is 52.6 Å². The summed E-state index contributed by atoms with van der Waals surface area (Å²) in [7, 11) is 0. The highest BCUT2D eigenvalue weighted by atomic mass is 35.5. The Morgan fingerprint density at radius 1 is 1.62 bits per heavy atom. The molecule has 0 aromatic heterocycles. The predicted octanol–water partition coefficient (Wildman–Crippen LogP) is 2.56. The van der Waals surface area contributed by atoms with Crippen molar-refractivity contribution in [2.45, 2.75) is 25.8 Å². The van der Waals surface area contributed by atoms with Crippen molar-refractivity contribution in [2.75, 3.05) is 5.43 Å². The standard InChI is InChI=1S/C11H13ClN2O2/c1-2-4-7-5-3-6-8-9(7)10(11(15)16)14(12)13-8/h3,5-6,10,13H,2,4H2,1H3,(H,15,16). The van der Waals surface area contributed by atoms with Crippen LogP contribution in [0.1, 0.15) is 30.5 Å².